The Kier molecular flexibility index (Phi) is 14.3. The summed E-state index contributed by atoms with van der Waals surface area (Å²) in [5, 5.41) is 5.48. The molecule has 0 aliphatic heterocycles. The lowest BCUT2D eigenvalue weighted by molar-refractivity contribution is -0.143. The van der Waals surface area contributed by atoms with Crippen LogP contribution >= 0.6 is 0 Å². The minimum absolute atomic E-state index is 0.284. The summed E-state index contributed by atoms with van der Waals surface area (Å²) in [5.74, 6) is -1.61. The highest BCUT2D eigenvalue weighted by molar-refractivity contribution is 5.94. The zero-order valence-corrected chi connectivity index (χ0v) is 23.2. The summed E-state index contributed by atoms with van der Waals surface area (Å²) in [7, 11) is 0. The predicted octanol–water partition coefficient (Wildman–Crippen LogP) is 4.21. The molecule has 1 rings (SSSR count). The maximum Gasteiger partial charge on any atom is 0.408 e. The molecule has 37 heavy (non-hydrogen) atoms. The SMILES string of the molecule is CCCCCCN(C(=O)C(CC(N)=O)NC(=O)OC(C)(C)C)C(C(=O)NCCCCC)c1ccccc1. The molecule has 0 saturated carbocycles. The Bertz CT molecular complexity index is 854. The maximum atomic E-state index is 13.9. The number of primary amides is 1. The van der Waals surface area contributed by atoms with Gasteiger partial charge >= 0.3 is 6.09 Å². The molecule has 0 aliphatic carbocycles. The van der Waals surface area contributed by atoms with Crippen LogP contribution in [0.15, 0.2) is 30.3 Å². The summed E-state index contributed by atoms with van der Waals surface area (Å²) in [4.78, 5) is 53.2. The van der Waals surface area contributed by atoms with Crippen molar-refractivity contribution >= 4 is 23.8 Å². The van der Waals surface area contributed by atoms with Gasteiger partial charge in [-0.2, -0.15) is 0 Å². The zero-order valence-electron chi connectivity index (χ0n) is 23.2. The van der Waals surface area contributed by atoms with Gasteiger partial charge in [0.25, 0.3) is 0 Å². The molecule has 208 valence electrons. The predicted molar refractivity (Wildman–Crippen MR) is 145 cm³/mol. The van der Waals surface area contributed by atoms with Gasteiger partial charge in [-0.15, -0.1) is 0 Å². The lowest BCUT2D eigenvalue weighted by Crippen LogP contribution is -2.54. The molecule has 0 saturated heterocycles. The van der Waals surface area contributed by atoms with Gasteiger partial charge in [-0.1, -0.05) is 76.3 Å². The van der Waals surface area contributed by atoms with Crippen LogP contribution in [0.4, 0.5) is 4.79 Å². The molecular formula is C28H46N4O5. The van der Waals surface area contributed by atoms with Crippen molar-refractivity contribution in [3.8, 4) is 0 Å². The summed E-state index contributed by atoms with van der Waals surface area (Å²) in [6.07, 6.45) is 5.13. The molecule has 1 aromatic carbocycles. The number of alkyl carbamates (subject to hydrolysis) is 1. The van der Waals surface area contributed by atoms with Crippen molar-refractivity contribution in [2.45, 2.75) is 104 Å². The molecular weight excluding hydrogens is 472 g/mol. The lowest BCUT2D eigenvalue weighted by Gasteiger charge is -2.34. The minimum atomic E-state index is -1.27. The molecule has 4 amide bonds. The first-order valence-corrected chi connectivity index (χ1v) is 13.4. The fraction of sp³-hybridized carbons (Fsp3) is 0.643. The highest BCUT2D eigenvalue weighted by Gasteiger charge is 2.36. The molecule has 2 atom stereocenters. The first-order valence-electron chi connectivity index (χ1n) is 13.4. The number of unbranched alkanes of at least 4 members (excludes halogenated alkanes) is 5. The Hall–Kier alpha value is -3.10. The van der Waals surface area contributed by atoms with E-state index < -0.39 is 42.0 Å². The van der Waals surface area contributed by atoms with Gasteiger partial charge in [0.2, 0.25) is 17.7 Å². The van der Waals surface area contributed by atoms with Gasteiger partial charge in [-0.05, 0) is 39.2 Å². The molecule has 9 nitrogen and oxygen atoms in total. The molecule has 0 spiro atoms. The van der Waals surface area contributed by atoms with Gasteiger partial charge in [-0.3, -0.25) is 14.4 Å². The highest BCUT2D eigenvalue weighted by atomic mass is 16.6. The molecule has 2 unspecified atom stereocenters. The fourth-order valence-corrected chi connectivity index (χ4v) is 3.92. The summed E-state index contributed by atoms with van der Waals surface area (Å²) >= 11 is 0. The van der Waals surface area contributed by atoms with E-state index in [0.717, 1.165) is 38.5 Å². The standard InChI is InChI=1S/C28H46N4O5/c1-6-8-10-15-19-32(26(35)22(20-23(29)33)31-27(36)37-28(3,4)5)24(21-16-12-11-13-17-21)25(34)30-18-14-9-7-2/h11-13,16-17,22,24H,6-10,14-15,18-20H2,1-5H3,(H2,29,33)(H,30,34)(H,31,36). The first-order chi connectivity index (χ1) is 17.5. The number of nitrogens with one attached hydrogen (secondary N) is 2. The maximum absolute atomic E-state index is 13.9. The van der Waals surface area contributed by atoms with Gasteiger partial charge in [0.15, 0.2) is 0 Å². The second kappa shape index (κ2) is 16.6. The zero-order chi connectivity index (χ0) is 27.8. The molecule has 9 heteroatoms. The molecule has 0 aliphatic rings. The topological polar surface area (TPSA) is 131 Å². The number of hydrogen-bond donors (Lipinski definition) is 3. The van der Waals surface area contributed by atoms with Crippen molar-refractivity contribution in [1.82, 2.24) is 15.5 Å². The number of rotatable bonds is 16. The molecule has 4 N–H and O–H groups in total. The van der Waals surface area contributed by atoms with Crippen molar-refractivity contribution in [1.29, 1.82) is 0 Å². The van der Waals surface area contributed by atoms with Crippen LogP contribution < -0.4 is 16.4 Å². The van der Waals surface area contributed by atoms with E-state index in [1.54, 1.807) is 32.9 Å². The summed E-state index contributed by atoms with van der Waals surface area (Å²) in [6.45, 7) is 10.1. The number of hydrogen-bond acceptors (Lipinski definition) is 5. The van der Waals surface area contributed by atoms with Gasteiger partial charge in [0, 0.05) is 13.1 Å². The molecule has 0 heterocycles. The summed E-state index contributed by atoms with van der Waals surface area (Å²) in [6, 6.07) is 6.87. The monoisotopic (exact) mass is 518 g/mol. The third-order valence-corrected chi connectivity index (χ3v) is 5.68. The van der Waals surface area contributed by atoms with Crippen molar-refractivity contribution in [2.75, 3.05) is 13.1 Å². The number of benzene rings is 1. The quantitative estimate of drug-likeness (QED) is 0.282. The van der Waals surface area contributed by atoms with Crippen LogP contribution in [0.2, 0.25) is 0 Å². The van der Waals surface area contributed by atoms with Crippen LogP contribution in [0.3, 0.4) is 0 Å². The summed E-state index contributed by atoms with van der Waals surface area (Å²) in [5.41, 5.74) is 5.29. The Morgan fingerprint density at radius 3 is 2.14 bits per heavy atom. The normalized spacial score (nSPS) is 12.8. The van der Waals surface area contributed by atoms with E-state index in [-0.39, 0.29) is 12.5 Å². The third kappa shape index (κ3) is 12.6. The van der Waals surface area contributed by atoms with Crippen molar-refractivity contribution in [2.24, 2.45) is 5.73 Å². The average Bonchev–Trinajstić information content (AvgIpc) is 2.82. The van der Waals surface area contributed by atoms with Crippen LogP contribution in [0, 0.1) is 0 Å². The second-order valence-corrected chi connectivity index (χ2v) is 10.3. The van der Waals surface area contributed by atoms with Crippen molar-refractivity contribution in [3.05, 3.63) is 35.9 Å². The van der Waals surface area contributed by atoms with Gasteiger partial charge in [0.05, 0.1) is 6.42 Å². The Morgan fingerprint density at radius 2 is 1.57 bits per heavy atom. The largest absolute Gasteiger partial charge is 0.444 e. The Balaban J connectivity index is 3.36. The van der Waals surface area contributed by atoms with Gasteiger partial charge in [0.1, 0.15) is 17.7 Å². The summed E-state index contributed by atoms with van der Waals surface area (Å²) < 4.78 is 5.31. The first kappa shape index (κ1) is 31.9. The van der Waals surface area contributed by atoms with Crippen molar-refractivity contribution in [3.63, 3.8) is 0 Å². The highest BCUT2D eigenvalue weighted by Crippen LogP contribution is 2.24. The van der Waals surface area contributed by atoms with E-state index in [4.69, 9.17) is 10.5 Å². The second-order valence-electron chi connectivity index (χ2n) is 10.3. The van der Waals surface area contributed by atoms with E-state index in [2.05, 4.69) is 24.5 Å². The Morgan fingerprint density at radius 1 is 0.946 bits per heavy atom. The number of ether oxygens (including phenoxy) is 1. The van der Waals surface area contributed by atoms with Crippen LogP contribution in [-0.2, 0) is 19.1 Å². The van der Waals surface area contributed by atoms with Crippen LogP contribution in [-0.4, -0.2) is 53.4 Å². The van der Waals surface area contributed by atoms with Gasteiger partial charge in [-0.25, -0.2) is 4.79 Å². The van der Waals surface area contributed by atoms with Crippen LogP contribution in [0.5, 0.6) is 0 Å². The molecule has 0 bridgehead atoms. The number of nitrogens with zero attached hydrogens (tertiary/aromatic N) is 1. The lowest BCUT2D eigenvalue weighted by atomic mass is 10.0. The van der Waals surface area contributed by atoms with E-state index in [9.17, 15) is 19.2 Å². The number of carbonyl (C=O) groups excluding carboxylic acids is 4. The van der Waals surface area contributed by atoms with Crippen LogP contribution in [0.1, 0.15) is 97.6 Å². The molecule has 0 radical (unpaired) electrons. The molecule has 0 fully saturated rings. The smallest absolute Gasteiger partial charge is 0.408 e. The van der Waals surface area contributed by atoms with Gasteiger partial charge < -0.3 is 26.0 Å². The van der Waals surface area contributed by atoms with E-state index in [0.29, 0.717) is 18.5 Å². The average molecular weight is 519 g/mol. The third-order valence-electron chi connectivity index (χ3n) is 5.68. The fourth-order valence-electron chi connectivity index (χ4n) is 3.92. The van der Waals surface area contributed by atoms with Crippen molar-refractivity contribution < 1.29 is 23.9 Å². The van der Waals surface area contributed by atoms with E-state index in [1.807, 2.05) is 18.2 Å². The molecule has 0 aromatic heterocycles. The minimum Gasteiger partial charge on any atom is -0.444 e. The van der Waals surface area contributed by atoms with E-state index >= 15 is 0 Å². The number of nitrogens with two attached hydrogens (primary N) is 1. The molecule has 1 aromatic rings. The number of amides is 4. The van der Waals surface area contributed by atoms with E-state index in [1.165, 1.54) is 4.90 Å². The van der Waals surface area contributed by atoms with Crippen LogP contribution in [0.25, 0.3) is 0 Å². The number of carbonyl (C=O) groups is 4. The Labute approximate surface area is 221 Å².